The SMILES string of the molecule is CN(C(=O)CNC(=O)c1c[nH]c2ccccc2c1=O)C1CC2CCC(C1)N2.Cl. The Kier molecular flexibility index (Phi) is 6.05. The normalized spacial score (nSPS) is 23.1. The number of carbonyl (C=O) groups excluding carboxylic acids is 2. The van der Waals surface area contributed by atoms with Gasteiger partial charge in [0.15, 0.2) is 0 Å². The summed E-state index contributed by atoms with van der Waals surface area (Å²) in [7, 11) is 1.80. The molecule has 2 amide bonds. The van der Waals surface area contributed by atoms with E-state index in [-0.39, 0.29) is 41.9 Å². The van der Waals surface area contributed by atoms with E-state index < -0.39 is 5.91 Å². The van der Waals surface area contributed by atoms with Gasteiger partial charge in [-0.1, -0.05) is 12.1 Å². The summed E-state index contributed by atoms with van der Waals surface area (Å²) in [6.45, 7) is -0.110. The lowest BCUT2D eigenvalue weighted by atomic mass is 9.98. The summed E-state index contributed by atoms with van der Waals surface area (Å²) in [4.78, 5) is 42.1. The molecule has 0 radical (unpaired) electrons. The molecule has 2 aliphatic heterocycles. The summed E-state index contributed by atoms with van der Waals surface area (Å²) in [6, 6.07) is 8.23. The molecular formula is C20H25ClN4O3. The van der Waals surface area contributed by atoms with Crippen LogP contribution in [-0.2, 0) is 4.79 Å². The predicted octanol–water partition coefficient (Wildman–Crippen LogP) is 1.42. The molecular weight excluding hydrogens is 380 g/mol. The Balaban J connectivity index is 0.00000225. The highest BCUT2D eigenvalue weighted by Gasteiger charge is 2.36. The Bertz CT molecular complexity index is 932. The number of rotatable bonds is 4. The summed E-state index contributed by atoms with van der Waals surface area (Å²) >= 11 is 0. The molecule has 2 saturated heterocycles. The zero-order chi connectivity index (χ0) is 19.0. The maximum absolute atomic E-state index is 12.5. The van der Waals surface area contributed by atoms with Crippen molar-refractivity contribution in [3.05, 3.63) is 46.2 Å². The second kappa shape index (κ2) is 8.32. The molecule has 2 unspecified atom stereocenters. The van der Waals surface area contributed by atoms with E-state index in [0.29, 0.717) is 23.0 Å². The van der Waals surface area contributed by atoms with Crippen LogP contribution in [0.15, 0.2) is 35.3 Å². The van der Waals surface area contributed by atoms with Crippen molar-refractivity contribution in [3.8, 4) is 0 Å². The first-order valence-corrected chi connectivity index (χ1v) is 9.43. The number of hydrogen-bond donors (Lipinski definition) is 3. The minimum Gasteiger partial charge on any atom is -0.360 e. The monoisotopic (exact) mass is 404 g/mol. The van der Waals surface area contributed by atoms with Crippen LogP contribution in [0.4, 0.5) is 0 Å². The Hall–Kier alpha value is -2.38. The Labute approximate surface area is 169 Å². The number of pyridine rings is 1. The number of aromatic nitrogens is 1. The zero-order valence-corrected chi connectivity index (χ0v) is 16.6. The maximum Gasteiger partial charge on any atom is 0.257 e. The lowest BCUT2D eigenvalue weighted by molar-refractivity contribution is -0.131. The van der Waals surface area contributed by atoms with Gasteiger partial charge in [-0.05, 0) is 37.8 Å². The van der Waals surface area contributed by atoms with Gasteiger partial charge in [0.25, 0.3) is 5.91 Å². The number of fused-ring (bicyclic) bond motifs is 3. The summed E-state index contributed by atoms with van der Waals surface area (Å²) in [6.07, 6.45) is 5.65. The Morgan fingerprint density at radius 1 is 1.18 bits per heavy atom. The van der Waals surface area contributed by atoms with Crippen molar-refractivity contribution in [2.24, 2.45) is 0 Å². The first-order chi connectivity index (χ1) is 13.0. The van der Waals surface area contributed by atoms with Crippen LogP contribution in [0, 0.1) is 0 Å². The molecule has 150 valence electrons. The van der Waals surface area contributed by atoms with Gasteiger partial charge in [-0.2, -0.15) is 0 Å². The third-order valence-corrected chi connectivity index (χ3v) is 5.82. The van der Waals surface area contributed by atoms with E-state index in [2.05, 4.69) is 15.6 Å². The number of halogens is 1. The molecule has 28 heavy (non-hydrogen) atoms. The molecule has 2 aliphatic rings. The smallest absolute Gasteiger partial charge is 0.257 e. The van der Waals surface area contributed by atoms with Crippen molar-refractivity contribution in [3.63, 3.8) is 0 Å². The molecule has 1 aromatic carbocycles. The predicted molar refractivity (Wildman–Crippen MR) is 110 cm³/mol. The third-order valence-electron chi connectivity index (χ3n) is 5.82. The maximum atomic E-state index is 12.5. The van der Waals surface area contributed by atoms with Crippen LogP contribution in [0.5, 0.6) is 0 Å². The number of carbonyl (C=O) groups is 2. The fourth-order valence-electron chi connectivity index (χ4n) is 4.26. The molecule has 3 heterocycles. The molecule has 2 aromatic rings. The molecule has 0 spiro atoms. The number of piperidine rings is 1. The average molecular weight is 405 g/mol. The number of nitrogens with one attached hydrogen (secondary N) is 3. The van der Waals surface area contributed by atoms with Crippen molar-refractivity contribution < 1.29 is 9.59 Å². The van der Waals surface area contributed by atoms with Crippen LogP contribution in [0.2, 0.25) is 0 Å². The van der Waals surface area contributed by atoms with Gasteiger partial charge in [-0.3, -0.25) is 14.4 Å². The number of aromatic amines is 1. The van der Waals surface area contributed by atoms with E-state index in [0.717, 1.165) is 12.8 Å². The van der Waals surface area contributed by atoms with E-state index >= 15 is 0 Å². The van der Waals surface area contributed by atoms with Crippen molar-refractivity contribution >= 4 is 35.1 Å². The van der Waals surface area contributed by atoms with E-state index in [9.17, 15) is 14.4 Å². The first-order valence-electron chi connectivity index (χ1n) is 9.43. The van der Waals surface area contributed by atoms with Gasteiger partial charge in [0.2, 0.25) is 11.3 Å². The van der Waals surface area contributed by atoms with Crippen LogP contribution in [0.25, 0.3) is 10.9 Å². The molecule has 3 N–H and O–H groups in total. The second-order valence-corrected chi connectivity index (χ2v) is 7.53. The Morgan fingerprint density at radius 2 is 1.86 bits per heavy atom. The van der Waals surface area contributed by atoms with Crippen molar-refractivity contribution in [2.45, 2.75) is 43.8 Å². The number of hydrogen-bond acceptors (Lipinski definition) is 4. The van der Waals surface area contributed by atoms with Crippen LogP contribution in [0.3, 0.4) is 0 Å². The topological polar surface area (TPSA) is 94.3 Å². The quantitative estimate of drug-likeness (QED) is 0.718. The second-order valence-electron chi connectivity index (χ2n) is 7.53. The van der Waals surface area contributed by atoms with E-state index in [1.807, 2.05) is 6.07 Å². The fourth-order valence-corrected chi connectivity index (χ4v) is 4.26. The summed E-state index contributed by atoms with van der Waals surface area (Å²) < 4.78 is 0. The molecule has 4 rings (SSSR count). The van der Waals surface area contributed by atoms with Gasteiger partial charge in [0, 0.05) is 42.3 Å². The minimum atomic E-state index is -0.533. The molecule has 1 aromatic heterocycles. The third kappa shape index (κ3) is 3.91. The number of amides is 2. The molecule has 0 saturated carbocycles. The lowest BCUT2D eigenvalue weighted by Gasteiger charge is -2.35. The highest BCUT2D eigenvalue weighted by Crippen LogP contribution is 2.29. The standard InChI is InChI=1S/C20H24N4O3.ClH/c1-24(14-8-12-6-7-13(9-14)23-12)18(25)11-22-20(27)16-10-21-17-5-3-2-4-15(17)19(16)26;/h2-5,10,12-14,23H,6-9,11H2,1H3,(H,21,26)(H,22,27);1H. The number of likely N-dealkylation sites (N-methyl/N-ethyl adjacent to an activating group) is 1. The van der Waals surface area contributed by atoms with Crippen LogP contribution < -0.4 is 16.1 Å². The first kappa shape index (κ1) is 20.4. The van der Waals surface area contributed by atoms with Crippen LogP contribution in [0.1, 0.15) is 36.0 Å². The largest absolute Gasteiger partial charge is 0.360 e. The average Bonchev–Trinajstić information content (AvgIpc) is 3.03. The van der Waals surface area contributed by atoms with E-state index in [1.165, 1.54) is 19.0 Å². The van der Waals surface area contributed by atoms with Crippen molar-refractivity contribution in [2.75, 3.05) is 13.6 Å². The molecule has 7 nitrogen and oxygen atoms in total. The highest BCUT2D eigenvalue weighted by molar-refractivity contribution is 5.98. The molecule has 2 bridgehead atoms. The molecule has 8 heteroatoms. The zero-order valence-electron chi connectivity index (χ0n) is 15.7. The Morgan fingerprint density at radius 3 is 2.57 bits per heavy atom. The minimum absolute atomic E-state index is 0. The van der Waals surface area contributed by atoms with Gasteiger partial charge in [0.1, 0.15) is 5.56 Å². The van der Waals surface area contributed by atoms with Crippen LogP contribution >= 0.6 is 12.4 Å². The van der Waals surface area contributed by atoms with Crippen LogP contribution in [-0.4, -0.2) is 53.4 Å². The van der Waals surface area contributed by atoms with E-state index in [1.54, 1.807) is 30.1 Å². The van der Waals surface area contributed by atoms with Gasteiger partial charge in [-0.15, -0.1) is 12.4 Å². The number of para-hydroxylation sites is 1. The number of benzene rings is 1. The summed E-state index contributed by atoms with van der Waals surface area (Å²) in [5.41, 5.74) is 0.358. The highest BCUT2D eigenvalue weighted by atomic mass is 35.5. The summed E-state index contributed by atoms with van der Waals surface area (Å²) in [5, 5.41) is 6.61. The molecule has 2 atom stereocenters. The molecule has 0 aliphatic carbocycles. The van der Waals surface area contributed by atoms with Gasteiger partial charge < -0.3 is 20.5 Å². The van der Waals surface area contributed by atoms with Gasteiger partial charge >= 0.3 is 0 Å². The number of H-pyrrole nitrogens is 1. The number of nitrogens with zero attached hydrogens (tertiary/aromatic N) is 1. The lowest BCUT2D eigenvalue weighted by Crippen LogP contribution is -2.50. The van der Waals surface area contributed by atoms with Crippen molar-refractivity contribution in [1.82, 2.24) is 20.5 Å². The molecule has 2 fully saturated rings. The fraction of sp³-hybridized carbons (Fsp3) is 0.450. The van der Waals surface area contributed by atoms with Gasteiger partial charge in [0.05, 0.1) is 6.54 Å². The summed E-state index contributed by atoms with van der Waals surface area (Å²) in [5.74, 6) is -0.666. The van der Waals surface area contributed by atoms with Crippen molar-refractivity contribution in [1.29, 1.82) is 0 Å². The van der Waals surface area contributed by atoms with E-state index in [4.69, 9.17) is 0 Å². The van der Waals surface area contributed by atoms with Gasteiger partial charge in [-0.25, -0.2) is 0 Å².